The molecule has 0 aliphatic carbocycles. The lowest BCUT2D eigenvalue weighted by atomic mass is 10.4. The first-order chi connectivity index (χ1) is 5.67. The molecule has 0 aliphatic heterocycles. The number of hydrogen-bond acceptors (Lipinski definition) is 2. The lowest BCUT2D eigenvalue weighted by molar-refractivity contribution is 0.848. The van der Waals surface area contributed by atoms with Gasteiger partial charge in [0.1, 0.15) is 0 Å². The second-order valence-electron chi connectivity index (χ2n) is 3.63. The number of nitrogens with one attached hydrogen (secondary N) is 1. The summed E-state index contributed by atoms with van der Waals surface area (Å²) >= 11 is 0. The number of rotatable bonds is 3. The molecule has 0 radical (unpaired) electrons. The van der Waals surface area contributed by atoms with Crippen LogP contribution in [0.25, 0.3) is 0 Å². The number of nitrogens with two attached hydrogens (primary N) is 1. The van der Waals surface area contributed by atoms with E-state index in [1.165, 1.54) is 5.19 Å². The summed E-state index contributed by atoms with van der Waals surface area (Å²) in [4.78, 5) is 0. The van der Waals surface area contributed by atoms with Crippen LogP contribution in [0.1, 0.15) is 0 Å². The highest BCUT2D eigenvalue weighted by molar-refractivity contribution is 6.89. The van der Waals surface area contributed by atoms with Crippen molar-refractivity contribution in [3.05, 3.63) is 30.3 Å². The average molecular weight is 180 g/mol. The molecule has 3 N–H and O–H groups in total. The predicted octanol–water partition coefficient (Wildman–Crippen LogP) is 0.605. The highest BCUT2D eigenvalue weighted by Gasteiger charge is 2.21. The Kier molecular flexibility index (Phi) is 3.03. The van der Waals surface area contributed by atoms with E-state index in [-0.39, 0.29) is 0 Å². The van der Waals surface area contributed by atoms with Gasteiger partial charge in [0.25, 0.3) is 0 Å². The Labute approximate surface area is 74.8 Å². The lowest BCUT2D eigenvalue weighted by Crippen LogP contribution is -2.52. The van der Waals surface area contributed by atoms with Gasteiger partial charge in [-0.3, -0.25) is 11.3 Å². The third-order valence-electron chi connectivity index (χ3n) is 2.10. The van der Waals surface area contributed by atoms with Crippen molar-refractivity contribution < 1.29 is 0 Å². The summed E-state index contributed by atoms with van der Waals surface area (Å²) < 4.78 is 0. The minimum atomic E-state index is -1.32. The molecule has 1 rings (SSSR count). The summed E-state index contributed by atoms with van der Waals surface area (Å²) in [6.45, 7) is 4.62. The SMILES string of the molecule is C[Si](C)(CNN)c1ccccc1. The van der Waals surface area contributed by atoms with Crippen molar-refractivity contribution in [2.24, 2.45) is 5.84 Å². The van der Waals surface area contributed by atoms with Gasteiger partial charge in [0.2, 0.25) is 0 Å². The zero-order valence-electron chi connectivity index (χ0n) is 7.67. The fraction of sp³-hybridized carbons (Fsp3) is 0.333. The van der Waals surface area contributed by atoms with Gasteiger partial charge < -0.3 is 0 Å². The molecule has 0 spiro atoms. The summed E-state index contributed by atoms with van der Waals surface area (Å²) in [5.41, 5.74) is 2.77. The molecule has 0 unspecified atom stereocenters. The van der Waals surface area contributed by atoms with Crippen molar-refractivity contribution in [3.8, 4) is 0 Å². The Morgan fingerprint density at radius 1 is 1.25 bits per heavy atom. The summed E-state index contributed by atoms with van der Waals surface area (Å²) in [7, 11) is -1.32. The van der Waals surface area contributed by atoms with Gasteiger partial charge in [-0.1, -0.05) is 48.6 Å². The molecule has 0 aromatic heterocycles. The second-order valence-corrected chi connectivity index (χ2v) is 8.33. The van der Waals surface area contributed by atoms with Crippen LogP contribution >= 0.6 is 0 Å². The van der Waals surface area contributed by atoms with E-state index >= 15 is 0 Å². The highest BCUT2D eigenvalue weighted by atomic mass is 28.3. The summed E-state index contributed by atoms with van der Waals surface area (Å²) in [5, 5.41) is 1.45. The minimum absolute atomic E-state index is 0.928. The first-order valence-electron chi connectivity index (χ1n) is 4.16. The maximum Gasteiger partial charge on any atom is 0.0963 e. The molecule has 0 heterocycles. The van der Waals surface area contributed by atoms with Crippen LogP contribution in [0, 0.1) is 0 Å². The van der Waals surface area contributed by atoms with E-state index in [0.29, 0.717) is 0 Å². The first kappa shape index (κ1) is 9.44. The van der Waals surface area contributed by atoms with Crippen LogP contribution in [-0.4, -0.2) is 14.2 Å². The Morgan fingerprint density at radius 3 is 2.33 bits per heavy atom. The Bertz CT molecular complexity index is 234. The standard InChI is InChI=1S/C9H16N2Si/c1-12(2,8-11-10)9-6-4-3-5-7-9/h3-7,11H,8,10H2,1-2H3. The highest BCUT2D eigenvalue weighted by Crippen LogP contribution is 2.00. The molecule has 0 fully saturated rings. The number of hydrogen-bond donors (Lipinski definition) is 2. The van der Waals surface area contributed by atoms with Crippen molar-refractivity contribution in [3.63, 3.8) is 0 Å². The quantitative estimate of drug-likeness (QED) is 0.406. The van der Waals surface area contributed by atoms with Gasteiger partial charge in [0, 0.05) is 6.17 Å². The van der Waals surface area contributed by atoms with Gasteiger partial charge in [-0.15, -0.1) is 0 Å². The van der Waals surface area contributed by atoms with E-state index in [0.717, 1.165) is 6.17 Å². The van der Waals surface area contributed by atoms with Crippen molar-refractivity contribution >= 4 is 13.3 Å². The molecule has 12 heavy (non-hydrogen) atoms. The molecule has 1 aromatic carbocycles. The van der Waals surface area contributed by atoms with Crippen LogP contribution < -0.4 is 16.5 Å². The first-order valence-corrected chi connectivity index (χ1v) is 7.36. The van der Waals surface area contributed by atoms with Crippen LogP contribution in [0.15, 0.2) is 30.3 Å². The van der Waals surface area contributed by atoms with Gasteiger partial charge in [-0.05, 0) is 0 Å². The van der Waals surface area contributed by atoms with Gasteiger partial charge in [-0.2, -0.15) is 0 Å². The fourth-order valence-corrected chi connectivity index (χ4v) is 3.06. The Morgan fingerprint density at radius 2 is 1.83 bits per heavy atom. The zero-order chi connectivity index (χ0) is 9.03. The Hall–Kier alpha value is -0.643. The van der Waals surface area contributed by atoms with Gasteiger partial charge in [0.05, 0.1) is 8.07 Å². The van der Waals surface area contributed by atoms with E-state index in [1.807, 2.05) is 6.07 Å². The van der Waals surface area contributed by atoms with Crippen LogP contribution in [0.2, 0.25) is 13.1 Å². The van der Waals surface area contributed by atoms with Crippen molar-refractivity contribution in [1.29, 1.82) is 0 Å². The second kappa shape index (κ2) is 3.84. The van der Waals surface area contributed by atoms with E-state index in [4.69, 9.17) is 5.84 Å². The van der Waals surface area contributed by atoms with E-state index in [9.17, 15) is 0 Å². The summed E-state index contributed by atoms with van der Waals surface area (Å²) in [6.07, 6.45) is 0.928. The van der Waals surface area contributed by atoms with Crippen LogP contribution in [0.4, 0.5) is 0 Å². The molecule has 0 aliphatic rings. The molecule has 1 aromatic rings. The van der Waals surface area contributed by atoms with Gasteiger partial charge >= 0.3 is 0 Å². The van der Waals surface area contributed by atoms with E-state index in [2.05, 4.69) is 42.8 Å². The normalized spacial score (nSPS) is 11.6. The van der Waals surface area contributed by atoms with E-state index < -0.39 is 8.07 Å². The average Bonchev–Trinajstić information content (AvgIpc) is 2.06. The number of benzene rings is 1. The molecule has 0 atom stereocenters. The van der Waals surface area contributed by atoms with Gasteiger partial charge in [0.15, 0.2) is 0 Å². The van der Waals surface area contributed by atoms with Crippen LogP contribution in [-0.2, 0) is 0 Å². The molecule has 0 saturated carbocycles. The smallest absolute Gasteiger partial charge is 0.0963 e. The molecule has 2 nitrogen and oxygen atoms in total. The molecular formula is C9H16N2Si. The maximum absolute atomic E-state index is 5.34. The number of hydrazine groups is 1. The zero-order valence-corrected chi connectivity index (χ0v) is 8.67. The monoisotopic (exact) mass is 180 g/mol. The lowest BCUT2D eigenvalue weighted by Gasteiger charge is -2.21. The van der Waals surface area contributed by atoms with Crippen molar-refractivity contribution in [2.45, 2.75) is 13.1 Å². The summed E-state index contributed by atoms with van der Waals surface area (Å²) in [5.74, 6) is 5.34. The Balaban J connectivity index is 2.82. The van der Waals surface area contributed by atoms with Gasteiger partial charge in [-0.25, -0.2) is 0 Å². The molecule has 0 bridgehead atoms. The fourth-order valence-electron chi connectivity index (χ4n) is 1.25. The molecular weight excluding hydrogens is 164 g/mol. The van der Waals surface area contributed by atoms with Crippen LogP contribution in [0.5, 0.6) is 0 Å². The minimum Gasteiger partial charge on any atom is -0.272 e. The predicted molar refractivity (Wildman–Crippen MR) is 55.7 cm³/mol. The molecule has 66 valence electrons. The maximum atomic E-state index is 5.34. The molecule has 0 saturated heterocycles. The molecule has 0 amide bonds. The molecule has 3 heteroatoms. The third-order valence-corrected chi connectivity index (χ3v) is 5.08. The van der Waals surface area contributed by atoms with E-state index in [1.54, 1.807) is 0 Å². The summed E-state index contributed by atoms with van der Waals surface area (Å²) in [6, 6.07) is 10.6. The van der Waals surface area contributed by atoms with Crippen LogP contribution in [0.3, 0.4) is 0 Å². The van der Waals surface area contributed by atoms with Crippen molar-refractivity contribution in [2.75, 3.05) is 6.17 Å². The third kappa shape index (κ3) is 2.17. The van der Waals surface area contributed by atoms with Crippen molar-refractivity contribution in [1.82, 2.24) is 5.43 Å². The largest absolute Gasteiger partial charge is 0.272 e. The topological polar surface area (TPSA) is 38.0 Å².